The summed E-state index contributed by atoms with van der Waals surface area (Å²) < 4.78 is 48.3. The second-order valence-electron chi connectivity index (χ2n) is 6.59. The lowest BCUT2D eigenvalue weighted by Crippen LogP contribution is -2.37. The fraction of sp³-hybridized carbons (Fsp3) is 0.227. The van der Waals surface area contributed by atoms with Crippen molar-refractivity contribution in [3.05, 3.63) is 72.3 Å². The second-order valence-corrected chi connectivity index (χ2v) is 6.59. The fourth-order valence-electron chi connectivity index (χ4n) is 2.68. The van der Waals surface area contributed by atoms with Gasteiger partial charge >= 0.3 is 6.18 Å². The zero-order valence-corrected chi connectivity index (χ0v) is 15.9. The quantitative estimate of drug-likeness (QED) is 0.583. The largest absolute Gasteiger partial charge is 0.491 e. The van der Waals surface area contributed by atoms with Crippen molar-refractivity contribution in [2.75, 3.05) is 19.8 Å². The lowest BCUT2D eigenvalue weighted by Gasteiger charge is -2.14. The number of ether oxygens (including phenoxy) is 2. The van der Waals surface area contributed by atoms with Gasteiger partial charge in [0, 0.05) is 6.54 Å². The van der Waals surface area contributed by atoms with Crippen molar-refractivity contribution >= 4 is 16.7 Å². The highest BCUT2D eigenvalue weighted by molar-refractivity contribution is 5.84. The van der Waals surface area contributed by atoms with Gasteiger partial charge in [0.15, 0.2) is 6.61 Å². The van der Waals surface area contributed by atoms with Crippen LogP contribution in [0.2, 0.25) is 0 Å². The van der Waals surface area contributed by atoms with Crippen LogP contribution in [0.15, 0.2) is 66.7 Å². The number of aliphatic hydroxyl groups is 1. The number of alkyl halides is 3. The third-order valence-electron chi connectivity index (χ3n) is 4.25. The fourth-order valence-corrected chi connectivity index (χ4v) is 2.68. The normalized spacial score (nSPS) is 12.4. The van der Waals surface area contributed by atoms with Crippen LogP contribution in [-0.2, 0) is 11.0 Å². The first-order valence-electron chi connectivity index (χ1n) is 9.18. The molecule has 0 radical (unpaired) electrons. The van der Waals surface area contributed by atoms with Crippen molar-refractivity contribution in [3.8, 4) is 11.5 Å². The molecule has 1 amide bonds. The molecule has 0 saturated heterocycles. The molecular weight excluding hydrogens is 399 g/mol. The van der Waals surface area contributed by atoms with Crippen LogP contribution in [0.1, 0.15) is 5.56 Å². The Hall–Kier alpha value is -3.26. The van der Waals surface area contributed by atoms with Crippen molar-refractivity contribution < 1.29 is 32.5 Å². The third-order valence-corrected chi connectivity index (χ3v) is 4.25. The zero-order valence-electron chi connectivity index (χ0n) is 15.9. The predicted molar refractivity (Wildman–Crippen MR) is 105 cm³/mol. The Bertz CT molecular complexity index is 990. The van der Waals surface area contributed by atoms with Gasteiger partial charge in [-0.3, -0.25) is 4.79 Å². The SMILES string of the molecule is O=C(COc1ccc2ccccc2c1)NCC(O)COc1ccc(C(F)(F)F)cc1. The molecule has 0 aliphatic carbocycles. The van der Waals surface area contributed by atoms with E-state index in [4.69, 9.17) is 9.47 Å². The van der Waals surface area contributed by atoms with Gasteiger partial charge in [0.25, 0.3) is 5.91 Å². The summed E-state index contributed by atoms with van der Waals surface area (Å²) in [6, 6.07) is 17.4. The molecule has 0 bridgehead atoms. The molecule has 3 rings (SSSR count). The van der Waals surface area contributed by atoms with Gasteiger partial charge in [-0.2, -0.15) is 13.2 Å². The highest BCUT2D eigenvalue weighted by Gasteiger charge is 2.30. The molecule has 0 aliphatic rings. The van der Waals surface area contributed by atoms with Crippen molar-refractivity contribution in [1.29, 1.82) is 0 Å². The Labute approximate surface area is 171 Å². The van der Waals surface area contributed by atoms with Gasteiger partial charge in [-0.05, 0) is 47.2 Å². The summed E-state index contributed by atoms with van der Waals surface area (Å²) in [7, 11) is 0. The Morgan fingerprint density at radius 2 is 1.60 bits per heavy atom. The molecule has 0 aliphatic heterocycles. The highest BCUT2D eigenvalue weighted by atomic mass is 19.4. The van der Waals surface area contributed by atoms with E-state index in [1.165, 1.54) is 12.1 Å². The van der Waals surface area contributed by atoms with Gasteiger partial charge in [0.1, 0.15) is 24.2 Å². The van der Waals surface area contributed by atoms with Crippen LogP contribution in [0, 0.1) is 0 Å². The number of hydrogen-bond acceptors (Lipinski definition) is 4. The van der Waals surface area contributed by atoms with E-state index in [2.05, 4.69) is 5.32 Å². The molecule has 158 valence electrons. The van der Waals surface area contributed by atoms with Crippen molar-refractivity contribution in [3.63, 3.8) is 0 Å². The number of carbonyl (C=O) groups is 1. The molecule has 3 aromatic carbocycles. The first-order valence-corrected chi connectivity index (χ1v) is 9.18. The van der Waals surface area contributed by atoms with E-state index in [1.54, 1.807) is 6.07 Å². The van der Waals surface area contributed by atoms with Gasteiger partial charge in [0.05, 0.1) is 5.56 Å². The number of fused-ring (bicyclic) bond motifs is 1. The number of rotatable bonds is 8. The predicted octanol–water partition coefficient (Wildman–Crippen LogP) is 3.79. The monoisotopic (exact) mass is 419 g/mol. The molecule has 8 heteroatoms. The number of halogens is 3. The smallest absolute Gasteiger partial charge is 0.416 e. The van der Waals surface area contributed by atoms with E-state index >= 15 is 0 Å². The van der Waals surface area contributed by atoms with Gasteiger partial charge in [-0.15, -0.1) is 0 Å². The Morgan fingerprint density at radius 1 is 0.933 bits per heavy atom. The standard InChI is InChI=1S/C22H20F3NO4/c23-22(24,25)17-6-9-19(10-7-17)29-13-18(27)12-26-21(28)14-30-20-8-5-15-3-1-2-4-16(15)11-20/h1-11,18,27H,12-14H2,(H,26,28). The molecule has 1 atom stereocenters. The minimum atomic E-state index is -4.42. The van der Waals surface area contributed by atoms with Gasteiger partial charge in [0.2, 0.25) is 0 Å². The van der Waals surface area contributed by atoms with Crippen LogP contribution in [0.5, 0.6) is 11.5 Å². The molecule has 0 saturated carbocycles. The van der Waals surface area contributed by atoms with Crippen LogP contribution in [0.25, 0.3) is 10.8 Å². The molecule has 0 fully saturated rings. The Morgan fingerprint density at radius 3 is 2.30 bits per heavy atom. The molecule has 3 aromatic rings. The van der Waals surface area contributed by atoms with Crippen molar-refractivity contribution in [2.45, 2.75) is 12.3 Å². The summed E-state index contributed by atoms with van der Waals surface area (Å²) >= 11 is 0. The van der Waals surface area contributed by atoms with E-state index in [0.717, 1.165) is 22.9 Å². The average Bonchev–Trinajstić information content (AvgIpc) is 2.74. The van der Waals surface area contributed by atoms with E-state index in [0.29, 0.717) is 5.75 Å². The maximum absolute atomic E-state index is 12.5. The molecule has 0 heterocycles. The zero-order chi connectivity index (χ0) is 21.6. The van der Waals surface area contributed by atoms with Gasteiger partial charge in [-0.1, -0.05) is 30.3 Å². The van der Waals surface area contributed by atoms with Gasteiger partial charge < -0.3 is 19.9 Å². The number of carbonyl (C=O) groups excluding carboxylic acids is 1. The number of hydrogen-bond donors (Lipinski definition) is 2. The molecule has 5 nitrogen and oxygen atoms in total. The van der Waals surface area contributed by atoms with Crippen molar-refractivity contribution in [2.24, 2.45) is 0 Å². The van der Waals surface area contributed by atoms with E-state index < -0.39 is 23.8 Å². The summed E-state index contributed by atoms with van der Waals surface area (Å²) in [5.74, 6) is 0.319. The number of aliphatic hydroxyl groups excluding tert-OH is 1. The van der Waals surface area contributed by atoms with E-state index in [-0.39, 0.29) is 25.5 Å². The maximum Gasteiger partial charge on any atom is 0.416 e. The average molecular weight is 419 g/mol. The first-order chi connectivity index (χ1) is 14.3. The second kappa shape index (κ2) is 9.49. The van der Waals surface area contributed by atoms with E-state index in [9.17, 15) is 23.1 Å². The van der Waals surface area contributed by atoms with Crippen molar-refractivity contribution in [1.82, 2.24) is 5.32 Å². The molecule has 0 spiro atoms. The topological polar surface area (TPSA) is 67.8 Å². The van der Waals surface area contributed by atoms with Crippen LogP contribution >= 0.6 is 0 Å². The lowest BCUT2D eigenvalue weighted by molar-refractivity contribution is -0.137. The molecular formula is C22H20F3NO4. The molecule has 30 heavy (non-hydrogen) atoms. The Balaban J connectivity index is 1.38. The van der Waals surface area contributed by atoms with E-state index in [1.807, 2.05) is 36.4 Å². The first kappa shape index (κ1) is 21.4. The summed E-state index contributed by atoms with van der Waals surface area (Å²) in [4.78, 5) is 11.9. The van der Waals surface area contributed by atoms with Crippen LogP contribution < -0.4 is 14.8 Å². The summed E-state index contributed by atoms with van der Waals surface area (Å²) in [6.45, 7) is -0.484. The number of benzene rings is 3. The summed E-state index contributed by atoms with van der Waals surface area (Å²) in [6.07, 6.45) is -5.45. The number of nitrogens with one attached hydrogen (secondary N) is 1. The lowest BCUT2D eigenvalue weighted by atomic mass is 10.1. The molecule has 2 N–H and O–H groups in total. The Kier molecular flexibility index (Phi) is 6.79. The minimum Gasteiger partial charge on any atom is -0.491 e. The molecule has 0 aromatic heterocycles. The van der Waals surface area contributed by atoms with Crippen LogP contribution in [0.4, 0.5) is 13.2 Å². The highest BCUT2D eigenvalue weighted by Crippen LogP contribution is 2.30. The minimum absolute atomic E-state index is 0.0828. The molecule has 1 unspecified atom stereocenters. The van der Waals surface area contributed by atoms with Crippen LogP contribution in [-0.4, -0.2) is 36.9 Å². The third kappa shape index (κ3) is 6.12. The maximum atomic E-state index is 12.5. The van der Waals surface area contributed by atoms with Crippen LogP contribution in [0.3, 0.4) is 0 Å². The summed E-state index contributed by atoms with van der Waals surface area (Å²) in [5, 5.41) is 14.5. The van der Waals surface area contributed by atoms with Gasteiger partial charge in [-0.25, -0.2) is 0 Å². The number of amides is 1. The summed E-state index contributed by atoms with van der Waals surface area (Å²) in [5.41, 5.74) is -0.783.